The Kier molecular flexibility index (Phi) is 6.65. The number of carbonyl (C=O) groups is 1. The molecule has 0 saturated heterocycles. The molecule has 0 saturated carbocycles. The fourth-order valence-corrected chi connectivity index (χ4v) is 3.97. The third kappa shape index (κ3) is 4.72. The number of hydrogen-bond donors (Lipinski definition) is 1. The first-order valence-electron chi connectivity index (χ1n) is 9.84. The Labute approximate surface area is 194 Å². The molecule has 1 atom stereocenters. The topological polar surface area (TPSA) is 87.6 Å². The fraction of sp³-hybridized carbons (Fsp3) is 0.167. The van der Waals surface area contributed by atoms with E-state index < -0.39 is 12.0 Å². The summed E-state index contributed by atoms with van der Waals surface area (Å²) in [7, 11) is 1.29. The van der Waals surface area contributed by atoms with Crippen LogP contribution in [0.5, 0.6) is 5.75 Å². The summed E-state index contributed by atoms with van der Waals surface area (Å²) in [6.45, 7) is 0.182. The number of nitrogens with two attached hydrogens (primary N) is 1. The summed E-state index contributed by atoms with van der Waals surface area (Å²) in [5, 5.41) is 0.638. The van der Waals surface area contributed by atoms with Gasteiger partial charge in [0.2, 0.25) is 5.89 Å². The molecule has 0 bridgehead atoms. The summed E-state index contributed by atoms with van der Waals surface area (Å²) in [4.78, 5) is 16.1. The monoisotopic (exact) mass is 470 g/mol. The van der Waals surface area contributed by atoms with Crippen molar-refractivity contribution in [3.63, 3.8) is 0 Å². The van der Waals surface area contributed by atoms with Crippen molar-refractivity contribution in [1.29, 1.82) is 0 Å². The van der Waals surface area contributed by atoms with Crippen LogP contribution in [-0.2, 0) is 22.6 Å². The van der Waals surface area contributed by atoms with Gasteiger partial charge in [0, 0.05) is 11.1 Å². The highest BCUT2D eigenvalue weighted by Crippen LogP contribution is 2.36. The van der Waals surface area contributed by atoms with Gasteiger partial charge in [-0.25, -0.2) is 4.98 Å². The third-order valence-corrected chi connectivity index (χ3v) is 5.47. The number of para-hydroxylation sites is 1. The van der Waals surface area contributed by atoms with E-state index in [4.69, 9.17) is 38.1 Å². The molecule has 32 heavy (non-hydrogen) atoms. The number of hydrogen-bond acceptors (Lipinski definition) is 6. The molecule has 0 fully saturated rings. The summed E-state index contributed by atoms with van der Waals surface area (Å²) in [5.41, 5.74) is 9.59. The van der Waals surface area contributed by atoms with Crippen molar-refractivity contribution in [3.8, 4) is 17.2 Å². The molecule has 0 radical (unpaired) electrons. The molecule has 3 aromatic carbocycles. The van der Waals surface area contributed by atoms with E-state index in [0.29, 0.717) is 32.8 Å². The molecule has 2 N–H and O–H groups in total. The highest BCUT2D eigenvalue weighted by atomic mass is 35.5. The first-order valence-corrected chi connectivity index (χ1v) is 10.6. The SMILES string of the molecule is COC(=O)[C@@H](N)Cc1cc(Cl)c(OCc2cccc3nc(-c4ccccc4)oc23)c(Cl)c1. The summed E-state index contributed by atoms with van der Waals surface area (Å²) >= 11 is 12.8. The summed E-state index contributed by atoms with van der Waals surface area (Å²) in [5.74, 6) is 0.367. The number of methoxy groups -OCH3 is 1. The van der Waals surface area contributed by atoms with E-state index >= 15 is 0 Å². The second kappa shape index (κ2) is 9.61. The fourth-order valence-electron chi connectivity index (χ4n) is 3.33. The van der Waals surface area contributed by atoms with Crippen LogP contribution in [0.25, 0.3) is 22.6 Å². The number of carbonyl (C=O) groups excluding carboxylic acids is 1. The standard InChI is InChI=1S/C24H20Cl2N2O4/c1-30-24(29)19(27)12-14-10-17(25)22(18(26)11-14)31-13-16-8-5-9-20-21(16)32-23(28-20)15-6-3-2-4-7-15/h2-11,19H,12-13,27H2,1H3/t19-/m0/s1. The minimum absolute atomic E-state index is 0.182. The normalized spacial score (nSPS) is 12.0. The smallest absolute Gasteiger partial charge is 0.322 e. The number of oxazole rings is 1. The Hall–Kier alpha value is -3.06. The highest BCUT2D eigenvalue weighted by molar-refractivity contribution is 6.37. The van der Waals surface area contributed by atoms with Gasteiger partial charge in [0.05, 0.1) is 17.2 Å². The van der Waals surface area contributed by atoms with Gasteiger partial charge in [-0.2, -0.15) is 0 Å². The predicted octanol–water partition coefficient (Wildman–Crippen LogP) is 5.42. The van der Waals surface area contributed by atoms with Gasteiger partial charge >= 0.3 is 5.97 Å². The van der Waals surface area contributed by atoms with Crippen LogP contribution >= 0.6 is 23.2 Å². The largest absolute Gasteiger partial charge is 0.486 e. The minimum Gasteiger partial charge on any atom is -0.486 e. The Morgan fingerprint density at radius 2 is 1.81 bits per heavy atom. The molecule has 0 aliphatic carbocycles. The van der Waals surface area contributed by atoms with Crippen molar-refractivity contribution in [3.05, 3.63) is 81.8 Å². The molecule has 4 aromatic rings. The lowest BCUT2D eigenvalue weighted by atomic mass is 10.1. The van der Waals surface area contributed by atoms with Crippen molar-refractivity contribution < 1.29 is 18.7 Å². The van der Waals surface area contributed by atoms with Gasteiger partial charge in [-0.3, -0.25) is 4.79 Å². The Morgan fingerprint density at radius 3 is 2.50 bits per heavy atom. The zero-order chi connectivity index (χ0) is 22.7. The predicted molar refractivity (Wildman–Crippen MR) is 124 cm³/mol. The number of aromatic nitrogens is 1. The summed E-state index contributed by atoms with van der Waals surface area (Å²) in [6, 6.07) is 17.9. The van der Waals surface area contributed by atoms with Crippen LogP contribution in [0.4, 0.5) is 0 Å². The lowest BCUT2D eigenvalue weighted by molar-refractivity contribution is -0.142. The molecular weight excluding hydrogens is 451 g/mol. The summed E-state index contributed by atoms with van der Waals surface area (Å²) < 4.78 is 16.6. The molecule has 0 amide bonds. The molecule has 6 nitrogen and oxygen atoms in total. The zero-order valence-electron chi connectivity index (χ0n) is 17.2. The number of ether oxygens (including phenoxy) is 2. The molecule has 0 unspecified atom stereocenters. The second-order valence-electron chi connectivity index (χ2n) is 7.16. The number of halogens is 2. The number of rotatable bonds is 7. The van der Waals surface area contributed by atoms with Crippen molar-refractivity contribution in [1.82, 2.24) is 4.98 Å². The molecular formula is C24H20Cl2N2O4. The van der Waals surface area contributed by atoms with Crippen LogP contribution in [0.2, 0.25) is 10.0 Å². The molecule has 0 spiro atoms. The minimum atomic E-state index is -0.804. The molecule has 8 heteroatoms. The van der Waals surface area contributed by atoms with E-state index in [-0.39, 0.29) is 13.0 Å². The highest BCUT2D eigenvalue weighted by Gasteiger charge is 2.18. The molecule has 0 aliphatic heterocycles. The van der Waals surface area contributed by atoms with Crippen molar-refractivity contribution in [2.75, 3.05) is 7.11 Å². The Morgan fingerprint density at radius 1 is 1.09 bits per heavy atom. The molecule has 164 valence electrons. The van der Waals surface area contributed by atoms with Crippen LogP contribution in [0.15, 0.2) is 65.1 Å². The van der Waals surface area contributed by atoms with Crippen molar-refractivity contribution >= 4 is 40.3 Å². The number of nitrogens with zero attached hydrogens (tertiary/aromatic N) is 1. The maximum absolute atomic E-state index is 11.6. The van der Waals surface area contributed by atoms with Crippen LogP contribution < -0.4 is 10.5 Å². The van der Waals surface area contributed by atoms with Gasteiger partial charge in [-0.1, -0.05) is 53.5 Å². The van der Waals surface area contributed by atoms with E-state index in [1.807, 2.05) is 48.5 Å². The van der Waals surface area contributed by atoms with Crippen LogP contribution in [-0.4, -0.2) is 24.1 Å². The lowest BCUT2D eigenvalue weighted by Crippen LogP contribution is -2.33. The van der Waals surface area contributed by atoms with E-state index in [1.165, 1.54) is 7.11 Å². The van der Waals surface area contributed by atoms with Gasteiger partial charge in [0.1, 0.15) is 18.2 Å². The van der Waals surface area contributed by atoms with Crippen molar-refractivity contribution in [2.45, 2.75) is 19.1 Å². The summed E-state index contributed by atoms with van der Waals surface area (Å²) in [6.07, 6.45) is 0.242. The number of benzene rings is 3. The zero-order valence-corrected chi connectivity index (χ0v) is 18.7. The maximum atomic E-state index is 11.6. The van der Waals surface area contributed by atoms with E-state index in [2.05, 4.69) is 9.72 Å². The number of fused-ring (bicyclic) bond motifs is 1. The van der Waals surface area contributed by atoms with E-state index in [0.717, 1.165) is 16.6 Å². The van der Waals surface area contributed by atoms with E-state index in [9.17, 15) is 4.79 Å². The first kappa shape index (κ1) is 22.1. The molecule has 1 heterocycles. The Bertz CT molecular complexity index is 1230. The third-order valence-electron chi connectivity index (χ3n) is 4.91. The van der Waals surface area contributed by atoms with Crippen LogP contribution in [0, 0.1) is 0 Å². The molecule has 4 rings (SSSR count). The van der Waals surface area contributed by atoms with Gasteiger partial charge in [0.15, 0.2) is 11.3 Å². The maximum Gasteiger partial charge on any atom is 0.322 e. The van der Waals surface area contributed by atoms with Gasteiger partial charge in [0.25, 0.3) is 0 Å². The molecule has 1 aromatic heterocycles. The van der Waals surface area contributed by atoms with Gasteiger partial charge in [-0.15, -0.1) is 0 Å². The first-order chi connectivity index (χ1) is 15.5. The average molecular weight is 471 g/mol. The second-order valence-corrected chi connectivity index (χ2v) is 7.98. The quantitative estimate of drug-likeness (QED) is 0.362. The van der Waals surface area contributed by atoms with Gasteiger partial charge < -0.3 is 19.6 Å². The number of esters is 1. The average Bonchev–Trinajstić information content (AvgIpc) is 3.23. The van der Waals surface area contributed by atoms with Gasteiger partial charge in [-0.05, 0) is 42.3 Å². The molecule has 0 aliphatic rings. The van der Waals surface area contributed by atoms with E-state index in [1.54, 1.807) is 12.1 Å². The van der Waals surface area contributed by atoms with Crippen LogP contribution in [0.3, 0.4) is 0 Å². The van der Waals surface area contributed by atoms with Crippen LogP contribution in [0.1, 0.15) is 11.1 Å². The van der Waals surface area contributed by atoms with Crippen molar-refractivity contribution in [2.24, 2.45) is 5.73 Å². The lowest BCUT2D eigenvalue weighted by Gasteiger charge is -2.14. The Balaban J connectivity index is 1.54.